The molecule has 1 aliphatic rings. The summed E-state index contributed by atoms with van der Waals surface area (Å²) in [5.41, 5.74) is 3.53. The van der Waals surface area contributed by atoms with E-state index in [0.29, 0.717) is 6.54 Å². The second-order valence-corrected chi connectivity index (χ2v) is 7.30. The molecule has 0 unspecified atom stereocenters. The minimum absolute atomic E-state index is 0.0486. The first-order valence-corrected chi connectivity index (χ1v) is 10.3. The molecule has 152 valence electrons. The number of benzene rings is 2. The van der Waals surface area contributed by atoms with E-state index >= 15 is 0 Å². The van der Waals surface area contributed by atoms with E-state index in [0.717, 1.165) is 30.4 Å². The molecule has 0 radical (unpaired) electrons. The third kappa shape index (κ3) is 6.88. The Hall–Kier alpha value is -2.92. The molecule has 0 fully saturated rings. The van der Waals surface area contributed by atoms with Gasteiger partial charge < -0.3 is 5.32 Å². The van der Waals surface area contributed by atoms with E-state index < -0.39 is 6.03 Å². The molecule has 1 aliphatic carbocycles. The van der Waals surface area contributed by atoms with Crippen LogP contribution < -0.4 is 16.0 Å². The lowest BCUT2D eigenvalue weighted by Crippen LogP contribution is -2.44. The summed E-state index contributed by atoms with van der Waals surface area (Å²) in [4.78, 5) is 24.2. The Morgan fingerprint density at radius 3 is 2.14 bits per heavy atom. The van der Waals surface area contributed by atoms with Gasteiger partial charge in [-0.25, -0.2) is 4.79 Å². The number of hydrogen-bond acceptors (Lipinski definition) is 3. The molecule has 0 spiro atoms. The van der Waals surface area contributed by atoms with Gasteiger partial charge in [0.25, 0.3) is 0 Å². The summed E-state index contributed by atoms with van der Waals surface area (Å²) in [6.07, 6.45) is 7.86. The van der Waals surface area contributed by atoms with Crippen molar-refractivity contribution in [3.05, 3.63) is 83.4 Å². The van der Waals surface area contributed by atoms with Crippen molar-refractivity contribution in [3.8, 4) is 0 Å². The summed E-state index contributed by atoms with van der Waals surface area (Å²) in [6, 6.07) is 19.4. The molecule has 0 saturated carbocycles. The Bertz CT molecular complexity index is 779. The van der Waals surface area contributed by atoms with Crippen molar-refractivity contribution < 1.29 is 9.59 Å². The highest BCUT2D eigenvalue weighted by atomic mass is 16.2. The molecule has 29 heavy (non-hydrogen) atoms. The van der Waals surface area contributed by atoms with E-state index in [9.17, 15) is 9.59 Å². The monoisotopic (exact) mass is 391 g/mol. The number of carbonyl (C=O) groups excluding carboxylic acids is 2. The first-order chi connectivity index (χ1) is 14.2. The predicted octanol–water partition coefficient (Wildman–Crippen LogP) is 4.08. The lowest BCUT2D eigenvalue weighted by Gasteiger charge is -2.19. The van der Waals surface area contributed by atoms with Gasteiger partial charge in [-0.3, -0.25) is 15.4 Å². The summed E-state index contributed by atoms with van der Waals surface area (Å²) in [5.74, 6) is -0.351. The number of carbonyl (C=O) groups is 2. The Morgan fingerprint density at radius 1 is 0.897 bits per heavy atom. The van der Waals surface area contributed by atoms with E-state index in [1.54, 1.807) is 0 Å². The Kier molecular flexibility index (Phi) is 8.01. The van der Waals surface area contributed by atoms with E-state index in [1.165, 1.54) is 18.4 Å². The van der Waals surface area contributed by atoms with Crippen molar-refractivity contribution in [2.45, 2.75) is 38.1 Å². The van der Waals surface area contributed by atoms with Gasteiger partial charge in [-0.05, 0) is 43.2 Å². The number of rotatable bonds is 8. The average Bonchev–Trinajstić information content (AvgIpc) is 2.76. The third-order valence-corrected chi connectivity index (χ3v) is 5.10. The van der Waals surface area contributed by atoms with E-state index in [1.807, 2.05) is 60.7 Å². The zero-order valence-corrected chi connectivity index (χ0v) is 16.7. The van der Waals surface area contributed by atoms with E-state index in [-0.39, 0.29) is 18.5 Å². The van der Waals surface area contributed by atoms with Crippen LogP contribution in [0.25, 0.3) is 0 Å². The molecule has 0 aliphatic heterocycles. The van der Waals surface area contributed by atoms with Crippen LogP contribution in [0.5, 0.6) is 0 Å². The highest BCUT2D eigenvalue weighted by Crippen LogP contribution is 2.21. The second-order valence-electron chi connectivity index (χ2n) is 7.30. The van der Waals surface area contributed by atoms with Crippen molar-refractivity contribution in [2.24, 2.45) is 0 Å². The number of nitrogens with one attached hydrogen (secondary N) is 3. The fourth-order valence-corrected chi connectivity index (χ4v) is 3.60. The predicted molar refractivity (Wildman–Crippen MR) is 115 cm³/mol. The van der Waals surface area contributed by atoms with Crippen LogP contribution in [0.3, 0.4) is 0 Å². The van der Waals surface area contributed by atoms with Crippen molar-refractivity contribution >= 4 is 11.9 Å². The molecule has 2 aromatic rings. The van der Waals surface area contributed by atoms with Gasteiger partial charge >= 0.3 is 6.03 Å². The second kappa shape index (κ2) is 11.2. The maximum Gasteiger partial charge on any atom is 0.321 e. The van der Waals surface area contributed by atoms with Gasteiger partial charge in [0, 0.05) is 6.54 Å². The minimum atomic E-state index is -0.441. The molecule has 2 aromatic carbocycles. The lowest BCUT2D eigenvalue weighted by molar-refractivity contribution is -0.119. The van der Waals surface area contributed by atoms with Crippen LogP contribution in [0.1, 0.15) is 49.3 Å². The van der Waals surface area contributed by atoms with Crippen LogP contribution in [0.2, 0.25) is 0 Å². The van der Waals surface area contributed by atoms with Crippen molar-refractivity contribution in [1.82, 2.24) is 16.0 Å². The van der Waals surface area contributed by atoms with Crippen molar-refractivity contribution in [1.29, 1.82) is 0 Å². The minimum Gasteiger partial charge on any atom is -0.337 e. The van der Waals surface area contributed by atoms with E-state index in [4.69, 9.17) is 0 Å². The first kappa shape index (κ1) is 20.8. The maximum absolute atomic E-state index is 12.2. The fourth-order valence-electron chi connectivity index (χ4n) is 3.60. The summed E-state index contributed by atoms with van der Waals surface area (Å²) < 4.78 is 0. The molecule has 3 rings (SSSR count). The van der Waals surface area contributed by atoms with Gasteiger partial charge in [-0.1, -0.05) is 72.3 Å². The van der Waals surface area contributed by atoms with Gasteiger partial charge in [-0.2, -0.15) is 0 Å². The topological polar surface area (TPSA) is 70.2 Å². The largest absolute Gasteiger partial charge is 0.337 e. The number of allylic oxidation sites excluding steroid dienone is 1. The summed E-state index contributed by atoms with van der Waals surface area (Å²) >= 11 is 0. The van der Waals surface area contributed by atoms with Crippen LogP contribution in [-0.4, -0.2) is 25.0 Å². The first-order valence-electron chi connectivity index (χ1n) is 10.3. The highest BCUT2D eigenvalue weighted by molar-refractivity contribution is 5.95. The van der Waals surface area contributed by atoms with Gasteiger partial charge in [0.15, 0.2) is 0 Å². The molecule has 0 atom stereocenters. The van der Waals surface area contributed by atoms with Crippen molar-refractivity contribution in [3.63, 3.8) is 0 Å². The Morgan fingerprint density at radius 2 is 1.55 bits per heavy atom. The fraction of sp³-hybridized carbons (Fsp3) is 0.333. The number of urea groups is 1. The van der Waals surface area contributed by atoms with Gasteiger partial charge in [-0.15, -0.1) is 0 Å². The SMILES string of the molecule is O=C(CNC(c1ccccc1)c1ccccc1)NC(=O)NCCC1=CCCCC1. The molecule has 0 saturated heterocycles. The summed E-state index contributed by atoms with van der Waals surface area (Å²) in [5, 5.41) is 8.44. The number of hydrogen-bond donors (Lipinski definition) is 3. The molecule has 0 heterocycles. The Balaban J connectivity index is 1.47. The van der Waals surface area contributed by atoms with E-state index in [2.05, 4.69) is 22.0 Å². The number of amides is 3. The van der Waals surface area contributed by atoms with Crippen molar-refractivity contribution in [2.75, 3.05) is 13.1 Å². The molecular formula is C24H29N3O2. The van der Waals surface area contributed by atoms with Gasteiger partial charge in [0.1, 0.15) is 0 Å². The molecule has 0 aromatic heterocycles. The van der Waals surface area contributed by atoms with Gasteiger partial charge in [0.2, 0.25) is 5.91 Å². The lowest BCUT2D eigenvalue weighted by atomic mass is 9.97. The average molecular weight is 392 g/mol. The summed E-state index contributed by atoms with van der Waals surface area (Å²) in [7, 11) is 0. The van der Waals surface area contributed by atoms with Crippen LogP contribution >= 0.6 is 0 Å². The smallest absolute Gasteiger partial charge is 0.321 e. The Labute approximate surface area is 172 Å². The highest BCUT2D eigenvalue weighted by Gasteiger charge is 2.15. The maximum atomic E-state index is 12.2. The van der Waals surface area contributed by atoms with Crippen LogP contribution in [-0.2, 0) is 4.79 Å². The quantitative estimate of drug-likeness (QED) is 0.594. The molecule has 5 heteroatoms. The normalized spacial score (nSPS) is 13.6. The third-order valence-electron chi connectivity index (χ3n) is 5.10. The zero-order valence-electron chi connectivity index (χ0n) is 16.7. The van der Waals surface area contributed by atoms with Crippen LogP contribution in [0.4, 0.5) is 4.79 Å². The van der Waals surface area contributed by atoms with Crippen LogP contribution in [0.15, 0.2) is 72.3 Å². The standard InChI is InChI=1S/C24H29N3O2/c28-22(27-24(29)25-17-16-19-10-4-1-5-11-19)18-26-23(20-12-6-2-7-13-20)21-14-8-3-9-15-21/h2-3,6-10,12-15,23,26H,1,4-5,11,16-18H2,(H2,25,27,28,29). The van der Waals surface area contributed by atoms with Crippen LogP contribution in [0, 0.1) is 0 Å². The molecule has 3 amide bonds. The number of imide groups is 1. The molecule has 3 N–H and O–H groups in total. The molecule has 5 nitrogen and oxygen atoms in total. The van der Waals surface area contributed by atoms with Gasteiger partial charge in [0.05, 0.1) is 12.6 Å². The molecule has 0 bridgehead atoms. The molecular weight excluding hydrogens is 362 g/mol. The zero-order chi connectivity index (χ0) is 20.3. The summed E-state index contributed by atoms with van der Waals surface area (Å²) in [6.45, 7) is 0.599.